The Morgan fingerprint density at radius 2 is 2.06 bits per heavy atom. The van der Waals surface area contributed by atoms with Gasteiger partial charge in [-0.3, -0.25) is 4.79 Å². The molecule has 0 unspecified atom stereocenters. The summed E-state index contributed by atoms with van der Waals surface area (Å²) < 4.78 is 16.9. The van der Waals surface area contributed by atoms with E-state index in [1.807, 2.05) is 55.5 Å². The first-order valence-corrected chi connectivity index (χ1v) is 11.1. The van der Waals surface area contributed by atoms with Crippen LogP contribution in [0.15, 0.2) is 66.2 Å². The van der Waals surface area contributed by atoms with Gasteiger partial charge in [-0.05, 0) is 55.3 Å². The molecular formula is C26H32N2O5. The summed E-state index contributed by atoms with van der Waals surface area (Å²) in [5, 5.41) is 11.9. The maximum Gasteiger partial charge on any atom is 0.252 e. The van der Waals surface area contributed by atoms with Gasteiger partial charge in [0.15, 0.2) is 5.54 Å². The van der Waals surface area contributed by atoms with E-state index in [4.69, 9.17) is 24.3 Å². The first-order valence-electron chi connectivity index (χ1n) is 11.1. The highest BCUT2D eigenvalue weighted by atomic mass is 16.5. The van der Waals surface area contributed by atoms with Crippen molar-refractivity contribution in [1.29, 1.82) is 0 Å². The van der Waals surface area contributed by atoms with Crippen LogP contribution in [-0.2, 0) is 16.0 Å². The quantitative estimate of drug-likeness (QED) is 0.381. The van der Waals surface area contributed by atoms with Crippen LogP contribution < -0.4 is 14.8 Å². The number of carbonyl (C=O) groups is 1. The zero-order valence-corrected chi connectivity index (χ0v) is 19.3. The molecule has 2 aromatic rings. The van der Waals surface area contributed by atoms with Crippen LogP contribution in [0.2, 0.25) is 0 Å². The van der Waals surface area contributed by atoms with Gasteiger partial charge in [-0.1, -0.05) is 18.2 Å². The number of nitrogens with zero attached hydrogens (tertiary/aromatic N) is 1. The van der Waals surface area contributed by atoms with E-state index in [0.717, 1.165) is 16.9 Å². The molecular weight excluding hydrogens is 420 g/mol. The molecule has 0 bridgehead atoms. The van der Waals surface area contributed by atoms with Gasteiger partial charge in [0.25, 0.3) is 5.91 Å². The second-order valence-electron chi connectivity index (χ2n) is 7.90. The Labute approximate surface area is 195 Å². The van der Waals surface area contributed by atoms with E-state index in [1.54, 1.807) is 13.2 Å². The minimum Gasteiger partial charge on any atom is -0.497 e. The number of benzene rings is 2. The van der Waals surface area contributed by atoms with E-state index in [0.29, 0.717) is 44.1 Å². The number of aliphatic hydroxyl groups excluding tert-OH is 1. The van der Waals surface area contributed by atoms with Crippen molar-refractivity contribution < 1.29 is 24.1 Å². The summed E-state index contributed by atoms with van der Waals surface area (Å²) in [7, 11) is 1.63. The maximum absolute atomic E-state index is 13.2. The first-order chi connectivity index (χ1) is 16.0. The van der Waals surface area contributed by atoms with Gasteiger partial charge in [-0.2, -0.15) is 0 Å². The van der Waals surface area contributed by atoms with E-state index in [-0.39, 0.29) is 12.5 Å². The number of amides is 1. The number of hydrogen-bond donors (Lipinski definition) is 2. The number of carbonyl (C=O) groups excluding carboxylic acids is 1. The number of hydrogen-bond acceptors (Lipinski definition) is 6. The van der Waals surface area contributed by atoms with E-state index >= 15 is 0 Å². The summed E-state index contributed by atoms with van der Waals surface area (Å²) in [6, 6.07) is 15.1. The fourth-order valence-corrected chi connectivity index (χ4v) is 3.71. The van der Waals surface area contributed by atoms with Crippen LogP contribution in [0.25, 0.3) is 0 Å². The lowest BCUT2D eigenvalue weighted by molar-refractivity contribution is -0.128. The number of nitrogens with one attached hydrogen (secondary N) is 1. The van der Waals surface area contributed by atoms with E-state index in [2.05, 4.69) is 11.9 Å². The molecule has 0 spiro atoms. The monoisotopic (exact) mass is 452 g/mol. The Kier molecular flexibility index (Phi) is 8.49. The highest BCUT2D eigenvalue weighted by Gasteiger charge is 2.49. The van der Waals surface area contributed by atoms with Gasteiger partial charge >= 0.3 is 0 Å². The zero-order chi connectivity index (χ0) is 23.7. The lowest BCUT2D eigenvalue weighted by Crippen LogP contribution is -2.51. The molecule has 0 saturated carbocycles. The molecule has 1 amide bonds. The van der Waals surface area contributed by atoms with Crippen LogP contribution in [0.5, 0.6) is 11.5 Å². The number of aliphatic imine (C=N–C) groups is 1. The summed E-state index contributed by atoms with van der Waals surface area (Å²) in [4.78, 5) is 18.0. The molecule has 2 atom stereocenters. The average Bonchev–Trinajstić information content (AvgIpc) is 3.17. The van der Waals surface area contributed by atoms with Crippen LogP contribution in [0, 0.1) is 0 Å². The van der Waals surface area contributed by atoms with Crippen molar-refractivity contribution in [3.8, 4) is 11.5 Å². The molecule has 1 aliphatic rings. The summed E-state index contributed by atoms with van der Waals surface area (Å²) >= 11 is 0. The third kappa shape index (κ3) is 5.93. The third-order valence-corrected chi connectivity index (χ3v) is 5.62. The van der Waals surface area contributed by atoms with Crippen molar-refractivity contribution in [2.45, 2.75) is 37.8 Å². The van der Waals surface area contributed by atoms with Gasteiger partial charge < -0.3 is 24.6 Å². The SMILES string of the molecule is C=CC[C@@]1(C(=O)NCCc2cccc(OC)c2)N=C(c2ccc(OCCCO)cc2)O[C@@H]1C. The van der Waals surface area contributed by atoms with Crippen LogP contribution in [-0.4, -0.2) is 55.4 Å². The molecule has 2 aromatic carbocycles. The lowest BCUT2D eigenvalue weighted by Gasteiger charge is -2.26. The van der Waals surface area contributed by atoms with Gasteiger partial charge in [-0.15, -0.1) is 6.58 Å². The van der Waals surface area contributed by atoms with Crippen LogP contribution in [0.3, 0.4) is 0 Å². The van der Waals surface area contributed by atoms with Gasteiger partial charge in [-0.25, -0.2) is 4.99 Å². The Morgan fingerprint density at radius 3 is 2.76 bits per heavy atom. The van der Waals surface area contributed by atoms with Crippen molar-refractivity contribution >= 4 is 11.8 Å². The molecule has 1 heterocycles. The van der Waals surface area contributed by atoms with Crippen molar-refractivity contribution in [1.82, 2.24) is 5.32 Å². The lowest BCUT2D eigenvalue weighted by atomic mass is 9.89. The largest absolute Gasteiger partial charge is 0.497 e. The Morgan fingerprint density at radius 1 is 1.27 bits per heavy atom. The van der Waals surface area contributed by atoms with E-state index in [1.165, 1.54) is 0 Å². The zero-order valence-electron chi connectivity index (χ0n) is 19.3. The van der Waals surface area contributed by atoms with E-state index in [9.17, 15) is 4.79 Å². The molecule has 0 aliphatic carbocycles. The summed E-state index contributed by atoms with van der Waals surface area (Å²) in [5.74, 6) is 1.73. The summed E-state index contributed by atoms with van der Waals surface area (Å²) in [6.07, 6.45) is 2.88. The molecule has 3 rings (SSSR count). The predicted molar refractivity (Wildman–Crippen MR) is 128 cm³/mol. The second-order valence-corrected chi connectivity index (χ2v) is 7.90. The van der Waals surface area contributed by atoms with Gasteiger partial charge in [0, 0.05) is 31.6 Å². The summed E-state index contributed by atoms with van der Waals surface area (Å²) in [5.41, 5.74) is 0.780. The number of aliphatic hydroxyl groups is 1. The van der Waals surface area contributed by atoms with Crippen molar-refractivity contribution in [2.24, 2.45) is 4.99 Å². The maximum atomic E-state index is 13.2. The minimum absolute atomic E-state index is 0.0909. The molecule has 176 valence electrons. The smallest absolute Gasteiger partial charge is 0.252 e. The average molecular weight is 453 g/mol. The molecule has 0 fully saturated rings. The number of ether oxygens (including phenoxy) is 3. The van der Waals surface area contributed by atoms with Gasteiger partial charge in [0.05, 0.1) is 13.7 Å². The van der Waals surface area contributed by atoms with Crippen molar-refractivity contribution in [3.05, 3.63) is 72.3 Å². The Balaban J connectivity index is 1.69. The normalized spacial score (nSPS) is 19.4. The topological polar surface area (TPSA) is 89.4 Å². The molecule has 0 saturated heterocycles. The molecule has 7 nitrogen and oxygen atoms in total. The molecule has 7 heteroatoms. The summed E-state index contributed by atoms with van der Waals surface area (Å²) in [6.45, 7) is 6.69. The number of methoxy groups -OCH3 is 1. The Hall–Kier alpha value is -3.32. The molecule has 33 heavy (non-hydrogen) atoms. The van der Waals surface area contributed by atoms with E-state index < -0.39 is 11.6 Å². The highest BCUT2D eigenvalue weighted by molar-refractivity contribution is 6.00. The van der Waals surface area contributed by atoms with Crippen LogP contribution in [0.1, 0.15) is 30.9 Å². The van der Waals surface area contributed by atoms with Crippen LogP contribution >= 0.6 is 0 Å². The van der Waals surface area contributed by atoms with Crippen molar-refractivity contribution in [3.63, 3.8) is 0 Å². The standard InChI is InChI=1S/C26H32N2O5/c1-4-14-26(25(30)27-15-13-20-7-5-8-23(18-20)31-3)19(2)33-24(28-26)21-9-11-22(12-10-21)32-17-6-16-29/h4-5,7-12,18-19,29H,1,6,13-17H2,2-3H3,(H,27,30)/t19-,26-/m1/s1. The number of rotatable bonds is 12. The highest BCUT2D eigenvalue weighted by Crippen LogP contribution is 2.32. The predicted octanol–water partition coefficient (Wildman–Crippen LogP) is 3.30. The van der Waals surface area contributed by atoms with Gasteiger partial charge in [0.1, 0.15) is 17.6 Å². The molecule has 0 radical (unpaired) electrons. The molecule has 1 aliphatic heterocycles. The first kappa shape index (κ1) is 24.3. The third-order valence-electron chi connectivity index (χ3n) is 5.62. The molecule has 0 aromatic heterocycles. The molecule has 2 N–H and O–H groups in total. The second kappa shape index (κ2) is 11.5. The van der Waals surface area contributed by atoms with Gasteiger partial charge in [0.2, 0.25) is 5.90 Å². The minimum atomic E-state index is -1.07. The van der Waals surface area contributed by atoms with Crippen LogP contribution in [0.4, 0.5) is 0 Å². The Bertz CT molecular complexity index is 973. The fourth-order valence-electron chi connectivity index (χ4n) is 3.71. The fraction of sp³-hybridized carbons (Fsp3) is 0.385. The van der Waals surface area contributed by atoms with Crippen molar-refractivity contribution in [2.75, 3.05) is 26.9 Å².